The molecular formula is C18H21ClN2O5S. The Hall–Kier alpha value is -1.90. The molecule has 0 saturated carbocycles. The summed E-state index contributed by atoms with van der Waals surface area (Å²) in [4.78, 5) is 12.6. The molecule has 1 atom stereocenters. The van der Waals surface area contributed by atoms with Crippen LogP contribution in [0.4, 0.5) is 0 Å². The van der Waals surface area contributed by atoms with Crippen molar-refractivity contribution in [2.75, 3.05) is 13.1 Å². The molecule has 1 aromatic heterocycles. The Bertz CT molecular complexity index is 904. The average molecular weight is 413 g/mol. The molecule has 2 heterocycles. The van der Waals surface area contributed by atoms with E-state index in [9.17, 15) is 13.2 Å². The molecule has 1 aromatic carbocycles. The van der Waals surface area contributed by atoms with E-state index in [2.05, 4.69) is 5.16 Å². The molecule has 1 fully saturated rings. The van der Waals surface area contributed by atoms with Gasteiger partial charge in [0, 0.05) is 18.1 Å². The van der Waals surface area contributed by atoms with Crippen molar-refractivity contribution in [3.05, 3.63) is 46.3 Å². The van der Waals surface area contributed by atoms with Gasteiger partial charge < -0.3 is 9.26 Å². The van der Waals surface area contributed by atoms with E-state index in [1.54, 1.807) is 13.8 Å². The quantitative estimate of drug-likeness (QED) is 0.701. The first-order valence-corrected chi connectivity index (χ1v) is 10.4. The molecule has 1 unspecified atom stereocenters. The molecule has 0 amide bonds. The van der Waals surface area contributed by atoms with Crippen molar-refractivity contribution < 1.29 is 22.5 Å². The number of esters is 1. The third kappa shape index (κ3) is 4.34. The Labute approximate surface area is 163 Å². The zero-order valence-electron chi connectivity index (χ0n) is 15.1. The molecule has 7 nitrogen and oxygen atoms in total. The van der Waals surface area contributed by atoms with Crippen LogP contribution in [0.3, 0.4) is 0 Å². The lowest BCUT2D eigenvalue weighted by Gasteiger charge is -2.30. The van der Waals surface area contributed by atoms with Crippen molar-refractivity contribution in [1.82, 2.24) is 9.46 Å². The summed E-state index contributed by atoms with van der Waals surface area (Å²) in [6.07, 6.45) is 1.19. The molecule has 146 valence electrons. The van der Waals surface area contributed by atoms with Crippen LogP contribution in [-0.2, 0) is 26.2 Å². The number of carbonyl (C=O) groups excluding carboxylic acids is 1. The van der Waals surface area contributed by atoms with Crippen molar-refractivity contribution in [1.29, 1.82) is 0 Å². The van der Waals surface area contributed by atoms with Crippen molar-refractivity contribution in [2.45, 2.75) is 38.2 Å². The topological polar surface area (TPSA) is 89.7 Å². The van der Waals surface area contributed by atoms with Crippen molar-refractivity contribution in [3.8, 4) is 0 Å². The Morgan fingerprint density at radius 2 is 2.04 bits per heavy atom. The summed E-state index contributed by atoms with van der Waals surface area (Å²) in [6, 6.07) is 6.01. The number of sulfonamides is 1. The normalized spacial score (nSPS) is 18.4. The van der Waals surface area contributed by atoms with E-state index in [1.807, 2.05) is 0 Å². The van der Waals surface area contributed by atoms with Crippen LogP contribution in [0.2, 0.25) is 5.02 Å². The van der Waals surface area contributed by atoms with Gasteiger partial charge in [-0.3, -0.25) is 4.79 Å². The minimum absolute atomic E-state index is 0.0699. The summed E-state index contributed by atoms with van der Waals surface area (Å²) in [5, 5.41) is 4.29. The lowest BCUT2D eigenvalue weighted by Crippen LogP contribution is -2.42. The van der Waals surface area contributed by atoms with Gasteiger partial charge >= 0.3 is 5.97 Å². The standard InChI is InChI=1S/C18H21ClN2O5S/c1-12-17(13(2)26-20-12)11-25-18(22)14-4-3-9-21(10-14)27(23,24)16-7-5-15(19)6-8-16/h5-8,14H,3-4,9-11H2,1-2H3. The van der Waals surface area contributed by atoms with Gasteiger partial charge in [0.25, 0.3) is 0 Å². The van der Waals surface area contributed by atoms with E-state index in [0.29, 0.717) is 35.9 Å². The Morgan fingerprint density at radius 3 is 2.67 bits per heavy atom. The fraction of sp³-hybridized carbons (Fsp3) is 0.444. The number of ether oxygens (including phenoxy) is 1. The number of hydrogen-bond donors (Lipinski definition) is 0. The van der Waals surface area contributed by atoms with E-state index >= 15 is 0 Å². The molecular weight excluding hydrogens is 392 g/mol. The predicted octanol–water partition coefficient (Wildman–Crippen LogP) is 3.09. The summed E-state index contributed by atoms with van der Waals surface area (Å²) < 4.78 is 37.4. The fourth-order valence-corrected chi connectivity index (χ4v) is 4.73. The molecule has 1 saturated heterocycles. The van der Waals surface area contributed by atoms with Gasteiger partial charge in [-0.15, -0.1) is 0 Å². The smallest absolute Gasteiger partial charge is 0.310 e. The second-order valence-electron chi connectivity index (χ2n) is 6.57. The summed E-state index contributed by atoms with van der Waals surface area (Å²) in [6.45, 7) is 4.08. The highest BCUT2D eigenvalue weighted by Crippen LogP contribution is 2.26. The van der Waals surface area contributed by atoms with Crippen LogP contribution < -0.4 is 0 Å². The summed E-state index contributed by atoms with van der Waals surface area (Å²) in [5.41, 5.74) is 1.42. The lowest BCUT2D eigenvalue weighted by atomic mass is 10.00. The number of aryl methyl sites for hydroxylation is 2. The van der Waals surface area contributed by atoms with Crippen LogP contribution in [0.25, 0.3) is 0 Å². The zero-order valence-corrected chi connectivity index (χ0v) is 16.7. The van der Waals surface area contributed by atoms with Gasteiger partial charge in [-0.1, -0.05) is 16.8 Å². The third-order valence-electron chi connectivity index (χ3n) is 4.71. The molecule has 1 aliphatic heterocycles. The zero-order chi connectivity index (χ0) is 19.6. The van der Waals surface area contributed by atoms with E-state index in [0.717, 1.165) is 5.56 Å². The molecule has 27 heavy (non-hydrogen) atoms. The molecule has 0 radical (unpaired) electrons. The van der Waals surface area contributed by atoms with Gasteiger partial charge in [-0.2, -0.15) is 4.31 Å². The SMILES string of the molecule is Cc1noc(C)c1COC(=O)C1CCCN(S(=O)(=O)c2ccc(Cl)cc2)C1. The maximum Gasteiger partial charge on any atom is 0.310 e. The van der Waals surface area contributed by atoms with Crippen LogP contribution in [0.5, 0.6) is 0 Å². The molecule has 0 bridgehead atoms. The van der Waals surface area contributed by atoms with E-state index in [-0.39, 0.29) is 18.0 Å². The van der Waals surface area contributed by atoms with Gasteiger partial charge in [-0.25, -0.2) is 8.42 Å². The Kier molecular flexibility index (Phi) is 5.88. The van der Waals surface area contributed by atoms with E-state index in [1.165, 1.54) is 28.6 Å². The van der Waals surface area contributed by atoms with Crippen LogP contribution in [-0.4, -0.2) is 36.9 Å². The Balaban J connectivity index is 1.66. The predicted molar refractivity (Wildman–Crippen MR) is 98.7 cm³/mol. The number of halogens is 1. The molecule has 0 aliphatic carbocycles. The molecule has 1 aliphatic rings. The fourth-order valence-electron chi connectivity index (χ4n) is 3.08. The first-order chi connectivity index (χ1) is 12.8. The maximum atomic E-state index is 12.8. The van der Waals surface area contributed by atoms with E-state index < -0.39 is 21.9 Å². The van der Waals surface area contributed by atoms with E-state index in [4.69, 9.17) is 20.9 Å². The summed E-state index contributed by atoms with van der Waals surface area (Å²) in [5.74, 6) is -0.303. The van der Waals surface area contributed by atoms with Gasteiger partial charge in [0.15, 0.2) is 0 Å². The average Bonchev–Trinajstić information content (AvgIpc) is 2.98. The first kappa shape index (κ1) is 19.9. The maximum absolute atomic E-state index is 12.8. The Morgan fingerprint density at radius 1 is 1.33 bits per heavy atom. The van der Waals surface area contributed by atoms with Crippen LogP contribution >= 0.6 is 11.6 Å². The lowest BCUT2D eigenvalue weighted by molar-refractivity contribution is -0.151. The highest BCUT2D eigenvalue weighted by Gasteiger charge is 2.34. The second-order valence-corrected chi connectivity index (χ2v) is 8.94. The first-order valence-electron chi connectivity index (χ1n) is 8.63. The van der Waals surface area contributed by atoms with Crippen LogP contribution in [0.1, 0.15) is 29.9 Å². The number of nitrogens with zero attached hydrogens (tertiary/aromatic N) is 2. The second kappa shape index (κ2) is 8.00. The minimum Gasteiger partial charge on any atom is -0.460 e. The monoisotopic (exact) mass is 412 g/mol. The van der Waals surface area contributed by atoms with Crippen molar-refractivity contribution >= 4 is 27.6 Å². The highest BCUT2D eigenvalue weighted by atomic mass is 35.5. The van der Waals surface area contributed by atoms with Gasteiger partial charge in [-0.05, 0) is 51.0 Å². The van der Waals surface area contributed by atoms with Crippen molar-refractivity contribution in [2.24, 2.45) is 5.92 Å². The molecule has 9 heteroatoms. The van der Waals surface area contributed by atoms with Gasteiger partial charge in [0.1, 0.15) is 12.4 Å². The number of aromatic nitrogens is 1. The molecule has 3 rings (SSSR count). The third-order valence-corrected chi connectivity index (χ3v) is 6.84. The summed E-state index contributed by atoms with van der Waals surface area (Å²) >= 11 is 5.83. The minimum atomic E-state index is -3.67. The van der Waals surface area contributed by atoms with Gasteiger partial charge in [0.2, 0.25) is 10.0 Å². The number of rotatable bonds is 5. The molecule has 0 spiro atoms. The number of hydrogen-bond acceptors (Lipinski definition) is 6. The van der Waals surface area contributed by atoms with Crippen LogP contribution in [0, 0.1) is 19.8 Å². The molecule has 2 aromatic rings. The number of benzene rings is 1. The number of piperidine rings is 1. The van der Waals surface area contributed by atoms with Gasteiger partial charge in [0.05, 0.1) is 22.1 Å². The number of carbonyl (C=O) groups is 1. The summed E-state index contributed by atoms with van der Waals surface area (Å²) in [7, 11) is -3.67. The largest absolute Gasteiger partial charge is 0.460 e. The van der Waals surface area contributed by atoms with Crippen LogP contribution in [0.15, 0.2) is 33.7 Å². The molecule has 0 N–H and O–H groups in total. The van der Waals surface area contributed by atoms with Crippen molar-refractivity contribution in [3.63, 3.8) is 0 Å². The highest BCUT2D eigenvalue weighted by molar-refractivity contribution is 7.89.